The van der Waals surface area contributed by atoms with Gasteiger partial charge in [-0.2, -0.15) is 0 Å². The average Bonchev–Trinajstić information content (AvgIpc) is 2.88. The molecule has 180 valence electrons. The van der Waals surface area contributed by atoms with Crippen LogP contribution in [0.15, 0.2) is 103 Å². The highest BCUT2D eigenvalue weighted by atomic mass is 16.5. The first-order valence-electron chi connectivity index (χ1n) is 12.0. The first kappa shape index (κ1) is 23.2. The summed E-state index contributed by atoms with van der Waals surface area (Å²) in [7, 11) is 0. The number of benzene rings is 4. The van der Waals surface area contributed by atoms with Gasteiger partial charge in [-0.15, -0.1) is 0 Å². The minimum absolute atomic E-state index is 0.117. The van der Waals surface area contributed by atoms with E-state index in [9.17, 15) is 0 Å². The maximum atomic E-state index is 7.86. The predicted octanol–water partition coefficient (Wildman–Crippen LogP) is 7.89. The Morgan fingerprint density at radius 1 is 0.500 bits per heavy atom. The van der Waals surface area contributed by atoms with Crippen LogP contribution in [-0.4, -0.2) is 17.5 Å². The van der Waals surface area contributed by atoms with Gasteiger partial charge in [0.15, 0.2) is 0 Å². The molecule has 1 aliphatic rings. The number of ether oxygens (including phenoxy) is 1. The minimum atomic E-state index is -0.117. The Bertz CT molecular complexity index is 1300. The summed E-state index contributed by atoms with van der Waals surface area (Å²) in [5.41, 5.74) is 7.24. The van der Waals surface area contributed by atoms with E-state index in [0.29, 0.717) is 30.7 Å². The van der Waals surface area contributed by atoms with Crippen molar-refractivity contribution in [2.24, 2.45) is 0 Å². The van der Waals surface area contributed by atoms with Crippen LogP contribution in [0.2, 0.25) is 0 Å². The molecule has 1 aliphatic carbocycles. The van der Waals surface area contributed by atoms with Crippen molar-refractivity contribution in [3.63, 3.8) is 0 Å². The zero-order valence-electron chi connectivity index (χ0n) is 19.9. The molecule has 0 saturated heterocycles. The lowest BCUT2D eigenvalue weighted by Crippen LogP contribution is -2.30. The van der Waals surface area contributed by atoms with E-state index in [4.69, 9.17) is 15.6 Å². The van der Waals surface area contributed by atoms with Crippen LogP contribution in [0.5, 0.6) is 5.75 Å². The van der Waals surface area contributed by atoms with E-state index in [2.05, 4.69) is 40.2 Å². The predicted molar refractivity (Wildman–Crippen MR) is 149 cm³/mol. The lowest BCUT2D eigenvalue weighted by Gasteiger charge is -2.24. The van der Waals surface area contributed by atoms with Crippen molar-refractivity contribution < 1.29 is 4.74 Å². The zero-order valence-corrected chi connectivity index (χ0v) is 19.9. The lowest BCUT2D eigenvalue weighted by atomic mass is 9.94. The molecule has 6 nitrogen and oxygen atoms in total. The fourth-order valence-corrected chi connectivity index (χ4v) is 4.21. The van der Waals surface area contributed by atoms with Gasteiger partial charge in [-0.05, 0) is 84.9 Å². The molecular weight excluding hydrogens is 446 g/mol. The zero-order chi connectivity index (χ0) is 24.7. The van der Waals surface area contributed by atoms with E-state index in [-0.39, 0.29) is 6.10 Å². The molecule has 0 unspecified atom stereocenters. The van der Waals surface area contributed by atoms with Crippen molar-refractivity contribution >= 4 is 45.5 Å². The topological polar surface area (TPSA) is 93.0 Å². The Hall–Kier alpha value is -4.58. The van der Waals surface area contributed by atoms with E-state index in [1.807, 2.05) is 78.9 Å². The summed E-state index contributed by atoms with van der Waals surface area (Å²) in [5.74, 6) is 0.762. The maximum absolute atomic E-state index is 7.86. The lowest BCUT2D eigenvalue weighted by molar-refractivity contribution is 0.213. The molecule has 5 N–H and O–H groups in total. The van der Waals surface area contributed by atoms with Gasteiger partial charge in [0.25, 0.3) is 0 Å². The van der Waals surface area contributed by atoms with Crippen LogP contribution in [0.25, 0.3) is 0 Å². The average molecular weight is 476 g/mol. The summed E-state index contributed by atoms with van der Waals surface area (Å²) in [6, 6.07) is 34.3. The van der Waals surface area contributed by atoms with Gasteiger partial charge in [-0.25, -0.2) is 0 Å². The number of para-hydroxylation sites is 1. The standard InChI is InChI=1S/C30H29N5O/c31-21-18-22(32)20-30(19-21)36-29-16-14-28(15-17-29)35-27-12-10-26(11-13-27)34-25-8-6-24(7-9-25)33-23-4-2-1-3-5-23/h1-17,30-35H,18-20H2. The number of anilines is 6. The Morgan fingerprint density at radius 3 is 1.28 bits per heavy atom. The van der Waals surface area contributed by atoms with Crippen LogP contribution >= 0.6 is 0 Å². The third-order valence-corrected chi connectivity index (χ3v) is 5.94. The SMILES string of the molecule is N=C1CC(=N)CC(Oc2ccc(Nc3ccc(Nc4ccc(Nc5ccccc5)cc4)cc3)cc2)C1. The van der Waals surface area contributed by atoms with Crippen molar-refractivity contribution in [2.75, 3.05) is 16.0 Å². The van der Waals surface area contributed by atoms with Crippen LogP contribution in [0, 0.1) is 10.8 Å². The van der Waals surface area contributed by atoms with Crippen LogP contribution < -0.4 is 20.7 Å². The molecule has 0 bridgehead atoms. The molecule has 36 heavy (non-hydrogen) atoms. The van der Waals surface area contributed by atoms with Crippen molar-refractivity contribution in [1.82, 2.24) is 0 Å². The Morgan fingerprint density at radius 2 is 0.861 bits per heavy atom. The van der Waals surface area contributed by atoms with E-state index in [0.717, 1.165) is 39.9 Å². The monoisotopic (exact) mass is 475 g/mol. The smallest absolute Gasteiger partial charge is 0.119 e. The molecule has 0 amide bonds. The van der Waals surface area contributed by atoms with Crippen LogP contribution in [0.3, 0.4) is 0 Å². The number of nitrogens with one attached hydrogen (secondary N) is 5. The van der Waals surface area contributed by atoms with E-state index in [1.54, 1.807) is 0 Å². The van der Waals surface area contributed by atoms with Crippen LogP contribution in [-0.2, 0) is 0 Å². The van der Waals surface area contributed by atoms with Crippen LogP contribution in [0.4, 0.5) is 34.1 Å². The Balaban J connectivity index is 1.13. The molecule has 4 aromatic rings. The minimum Gasteiger partial charge on any atom is -0.490 e. The molecule has 6 heteroatoms. The molecular formula is C30H29N5O. The largest absolute Gasteiger partial charge is 0.490 e. The fourth-order valence-electron chi connectivity index (χ4n) is 4.21. The number of hydrogen-bond acceptors (Lipinski definition) is 6. The molecule has 4 aromatic carbocycles. The van der Waals surface area contributed by atoms with Crippen LogP contribution in [0.1, 0.15) is 19.3 Å². The van der Waals surface area contributed by atoms with Gasteiger partial charge in [0, 0.05) is 64.8 Å². The van der Waals surface area contributed by atoms with Gasteiger partial charge in [0.05, 0.1) is 0 Å². The summed E-state index contributed by atoms with van der Waals surface area (Å²) in [6.07, 6.45) is 1.55. The second kappa shape index (κ2) is 10.8. The van der Waals surface area contributed by atoms with Gasteiger partial charge >= 0.3 is 0 Å². The fraction of sp³-hybridized carbons (Fsp3) is 0.133. The van der Waals surface area contributed by atoms with Gasteiger partial charge in [0.1, 0.15) is 11.9 Å². The summed E-state index contributed by atoms with van der Waals surface area (Å²) < 4.78 is 5.99. The molecule has 0 spiro atoms. The first-order valence-corrected chi connectivity index (χ1v) is 12.0. The third kappa shape index (κ3) is 6.30. The molecule has 0 atom stereocenters. The van der Waals surface area contributed by atoms with Crippen molar-refractivity contribution in [3.05, 3.63) is 103 Å². The molecule has 0 aliphatic heterocycles. The second-order valence-corrected chi connectivity index (χ2v) is 8.95. The highest BCUT2D eigenvalue weighted by molar-refractivity contribution is 6.04. The van der Waals surface area contributed by atoms with Gasteiger partial charge in [0.2, 0.25) is 0 Å². The quantitative estimate of drug-likeness (QED) is 0.179. The Kier molecular flexibility index (Phi) is 6.94. The van der Waals surface area contributed by atoms with E-state index in [1.165, 1.54) is 0 Å². The van der Waals surface area contributed by atoms with Crippen molar-refractivity contribution in [2.45, 2.75) is 25.4 Å². The van der Waals surface area contributed by atoms with Crippen molar-refractivity contribution in [3.8, 4) is 5.75 Å². The summed E-state index contributed by atoms with van der Waals surface area (Å²) in [5, 5.41) is 26.0. The number of rotatable bonds is 8. The van der Waals surface area contributed by atoms with E-state index >= 15 is 0 Å². The molecule has 5 rings (SSSR count). The normalized spacial score (nSPS) is 15.3. The highest BCUT2D eigenvalue weighted by Crippen LogP contribution is 2.26. The third-order valence-electron chi connectivity index (χ3n) is 5.94. The van der Waals surface area contributed by atoms with E-state index < -0.39 is 0 Å². The summed E-state index contributed by atoms with van der Waals surface area (Å²) in [6.45, 7) is 0. The van der Waals surface area contributed by atoms with Gasteiger partial charge in [-0.1, -0.05) is 18.2 Å². The summed E-state index contributed by atoms with van der Waals surface area (Å²) >= 11 is 0. The molecule has 0 radical (unpaired) electrons. The molecule has 1 saturated carbocycles. The Labute approximate surface area is 211 Å². The maximum Gasteiger partial charge on any atom is 0.119 e. The highest BCUT2D eigenvalue weighted by Gasteiger charge is 2.22. The first-order chi connectivity index (χ1) is 17.6. The second-order valence-electron chi connectivity index (χ2n) is 8.95. The molecule has 0 heterocycles. The van der Waals surface area contributed by atoms with Crippen molar-refractivity contribution in [1.29, 1.82) is 10.8 Å². The summed E-state index contributed by atoms with van der Waals surface area (Å²) in [4.78, 5) is 0. The molecule has 0 aromatic heterocycles. The van der Waals surface area contributed by atoms with Gasteiger partial charge in [-0.3, -0.25) is 0 Å². The molecule has 1 fully saturated rings. The number of hydrogen-bond donors (Lipinski definition) is 5. The van der Waals surface area contributed by atoms with Gasteiger partial charge < -0.3 is 31.5 Å².